The molecule has 0 aliphatic carbocycles. The van der Waals surface area contributed by atoms with Crippen molar-refractivity contribution in [3.8, 4) is 11.5 Å². The van der Waals surface area contributed by atoms with Gasteiger partial charge in [0.15, 0.2) is 0 Å². The molecule has 0 atom stereocenters. The van der Waals surface area contributed by atoms with Gasteiger partial charge in [0.1, 0.15) is 18.1 Å². The monoisotopic (exact) mass is 341 g/mol. The first kappa shape index (κ1) is 16.1. The number of carbonyl (C=O) groups is 1. The van der Waals surface area contributed by atoms with Gasteiger partial charge in [0.25, 0.3) is 5.91 Å². The van der Waals surface area contributed by atoms with Crippen LogP contribution in [0.5, 0.6) is 11.5 Å². The number of carbonyl (C=O) groups excluding carboxylic acids is 1. The summed E-state index contributed by atoms with van der Waals surface area (Å²) in [6.07, 6.45) is 0. The summed E-state index contributed by atoms with van der Waals surface area (Å²) in [5.41, 5.74) is 0.392. The van der Waals surface area contributed by atoms with Crippen LogP contribution in [0.1, 0.15) is 10.4 Å². The number of fused-ring (bicyclic) bond motifs is 1. The van der Waals surface area contributed by atoms with E-state index in [0.717, 1.165) is 16.5 Å². The van der Waals surface area contributed by atoms with Crippen LogP contribution in [0, 0.1) is 0 Å². The Kier molecular flexibility index (Phi) is 4.87. The van der Waals surface area contributed by atoms with Crippen LogP contribution in [0.2, 0.25) is 5.02 Å². The smallest absolute Gasteiger partial charge is 0.251 e. The molecule has 0 saturated heterocycles. The van der Waals surface area contributed by atoms with E-state index < -0.39 is 0 Å². The van der Waals surface area contributed by atoms with Crippen molar-refractivity contribution in [2.75, 3.05) is 13.2 Å². The molecule has 0 bridgehead atoms. The average Bonchev–Trinajstić information content (AvgIpc) is 2.60. The third-order valence-corrected chi connectivity index (χ3v) is 3.89. The average molecular weight is 342 g/mol. The minimum Gasteiger partial charge on any atom is -0.506 e. The number of amides is 1. The Morgan fingerprint density at radius 1 is 1.04 bits per heavy atom. The third kappa shape index (κ3) is 3.78. The zero-order chi connectivity index (χ0) is 16.9. The second-order valence-electron chi connectivity index (χ2n) is 5.28. The van der Waals surface area contributed by atoms with E-state index >= 15 is 0 Å². The molecule has 2 N–H and O–H groups in total. The Bertz CT molecular complexity index is 879. The van der Waals surface area contributed by atoms with Gasteiger partial charge in [0.2, 0.25) is 0 Å². The van der Waals surface area contributed by atoms with Crippen molar-refractivity contribution in [3.63, 3.8) is 0 Å². The molecule has 0 heterocycles. The van der Waals surface area contributed by atoms with Crippen LogP contribution in [-0.4, -0.2) is 24.2 Å². The zero-order valence-electron chi connectivity index (χ0n) is 12.8. The summed E-state index contributed by atoms with van der Waals surface area (Å²) in [6, 6.07) is 18.3. The maximum absolute atomic E-state index is 12.0. The van der Waals surface area contributed by atoms with Crippen LogP contribution in [0.25, 0.3) is 10.8 Å². The molecule has 0 unspecified atom stereocenters. The van der Waals surface area contributed by atoms with E-state index in [1.54, 1.807) is 0 Å². The SMILES string of the molecule is O=C(NCCOc1ccc2ccccc2c1)c1ccc(O)c(Cl)c1. The molecule has 0 saturated carbocycles. The Morgan fingerprint density at radius 3 is 2.62 bits per heavy atom. The van der Waals surface area contributed by atoms with Gasteiger partial charge in [-0.3, -0.25) is 4.79 Å². The lowest BCUT2D eigenvalue weighted by molar-refractivity contribution is 0.0947. The van der Waals surface area contributed by atoms with Gasteiger partial charge in [-0.1, -0.05) is 41.9 Å². The maximum Gasteiger partial charge on any atom is 0.251 e. The third-order valence-electron chi connectivity index (χ3n) is 3.59. The Labute approximate surface area is 144 Å². The normalized spacial score (nSPS) is 10.5. The minimum absolute atomic E-state index is 0.0483. The summed E-state index contributed by atoms with van der Waals surface area (Å²) in [7, 11) is 0. The lowest BCUT2D eigenvalue weighted by Crippen LogP contribution is -2.28. The zero-order valence-corrected chi connectivity index (χ0v) is 13.6. The molecule has 3 aromatic carbocycles. The molecule has 1 amide bonds. The van der Waals surface area contributed by atoms with E-state index in [2.05, 4.69) is 5.32 Å². The lowest BCUT2D eigenvalue weighted by Gasteiger charge is -2.09. The van der Waals surface area contributed by atoms with Crippen LogP contribution in [0.4, 0.5) is 0 Å². The number of rotatable bonds is 5. The molecule has 3 aromatic rings. The van der Waals surface area contributed by atoms with Crippen molar-refractivity contribution >= 4 is 28.3 Å². The van der Waals surface area contributed by atoms with Gasteiger partial charge in [0.05, 0.1) is 11.6 Å². The van der Waals surface area contributed by atoms with E-state index in [1.807, 2.05) is 42.5 Å². The van der Waals surface area contributed by atoms with Crippen LogP contribution >= 0.6 is 11.6 Å². The standard InChI is InChI=1S/C19H16ClNO3/c20-17-12-15(6-8-18(17)22)19(23)21-9-10-24-16-7-5-13-3-1-2-4-14(13)11-16/h1-8,11-12,22H,9-10H2,(H,21,23). The molecule has 24 heavy (non-hydrogen) atoms. The summed E-state index contributed by atoms with van der Waals surface area (Å²) in [5, 5.41) is 14.5. The van der Waals surface area contributed by atoms with Gasteiger partial charge in [0, 0.05) is 5.56 Å². The fourth-order valence-corrected chi connectivity index (χ4v) is 2.52. The molecular formula is C19H16ClNO3. The number of aromatic hydroxyl groups is 1. The van der Waals surface area contributed by atoms with Gasteiger partial charge in [-0.2, -0.15) is 0 Å². The Hall–Kier alpha value is -2.72. The second-order valence-corrected chi connectivity index (χ2v) is 5.69. The summed E-state index contributed by atoms with van der Waals surface area (Å²) < 4.78 is 5.66. The highest BCUT2D eigenvalue weighted by Crippen LogP contribution is 2.23. The van der Waals surface area contributed by atoms with E-state index in [1.165, 1.54) is 18.2 Å². The molecule has 0 aliphatic heterocycles. The summed E-state index contributed by atoms with van der Waals surface area (Å²) in [4.78, 5) is 12.0. The van der Waals surface area contributed by atoms with Gasteiger partial charge in [-0.15, -0.1) is 0 Å². The lowest BCUT2D eigenvalue weighted by atomic mass is 10.1. The highest BCUT2D eigenvalue weighted by atomic mass is 35.5. The van der Waals surface area contributed by atoms with Crippen molar-refractivity contribution < 1.29 is 14.6 Å². The molecule has 3 rings (SSSR count). The first-order valence-corrected chi connectivity index (χ1v) is 7.89. The van der Waals surface area contributed by atoms with E-state index in [0.29, 0.717) is 18.7 Å². The van der Waals surface area contributed by atoms with E-state index in [4.69, 9.17) is 16.3 Å². The largest absolute Gasteiger partial charge is 0.506 e. The van der Waals surface area contributed by atoms with Crippen molar-refractivity contribution in [3.05, 3.63) is 71.2 Å². The van der Waals surface area contributed by atoms with Crippen LogP contribution in [0.3, 0.4) is 0 Å². The predicted octanol–water partition coefficient (Wildman–Crippen LogP) is 4.01. The number of ether oxygens (including phenoxy) is 1. The first-order valence-electron chi connectivity index (χ1n) is 7.52. The van der Waals surface area contributed by atoms with Gasteiger partial charge in [-0.05, 0) is 41.1 Å². The molecule has 0 aliphatic rings. The molecular weight excluding hydrogens is 326 g/mol. The number of phenols is 1. The quantitative estimate of drug-likeness (QED) is 0.689. The van der Waals surface area contributed by atoms with Crippen LogP contribution < -0.4 is 10.1 Å². The van der Waals surface area contributed by atoms with Crippen LogP contribution in [0.15, 0.2) is 60.7 Å². The van der Waals surface area contributed by atoms with Gasteiger partial charge < -0.3 is 15.2 Å². The highest BCUT2D eigenvalue weighted by molar-refractivity contribution is 6.32. The van der Waals surface area contributed by atoms with Gasteiger partial charge >= 0.3 is 0 Å². The second kappa shape index (κ2) is 7.23. The number of phenolic OH excluding ortho intramolecular Hbond substituents is 1. The van der Waals surface area contributed by atoms with Crippen molar-refractivity contribution in [2.45, 2.75) is 0 Å². The Balaban J connectivity index is 1.52. The fourth-order valence-electron chi connectivity index (χ4n) is 2.34. The molecule has 0 radical (unpaired) electrons. The molecule has 0 fully saturated rings. The van der Waals surface area contributed by atoms with Crippen molar-refractivity contribution in [1.82, 2.24) is 5.32 Å². The summed E-state index contributed by atoms with van der Waals surface area (Å²) in [6.45, 7) is 0.722. The first-order chi connectivity index (χ1) is 11.6. The van der Waals surface area contributed by atoms with E-state index in [9.17, 15) is 9.90 Å². The summed E-state index contributed by atoms with van der Waals surface area (Å²) in [5.74, 6) is 0.447. The van der Waals surface area contributed by atoms with Gasteiger partial charge in [-0.25, -0.2) is 0 Å². The van der Waals surface area contributed by atoms with Crippen molar-refractivity contribution in [2.24, 2.45) is 0 Å². The van der Waals surface area contributed by atoms with Crippen molar-refractivity contribution in [1.29, 1.82) is 0 Å². The predicted molar refractivity (Wildman–Crippen MR) is 94.9 cm³/mol. The minimum atomic E-state index is -0.265. The van der Waals surface area contributed by atoms with E-state index in [-0.39, 0.29) is 16.7 Å². The maximum atomic E-state index is 12.0. The molecule has 4 nitrogen and oxygen atoms in total. The molecule has 122 valence electrons. The molecule has 0 aromatic heterocycles. The number of halogens is 1. The number of hydrogen-bond donors (Lipinski definition) is 2. The molecule has 0 spiro atoms. The summed E-state index contributed by atoms with van der Waals surface area (Å²) >= 11 is 5.79. The number of nitrogens with one attached hydrogen (secondary N) is 1. The molecule has 5 heteroatoms. The highest BCUT2D eigenvalue weighted by Gasteiger charge is 2.07. The number of benzene rings is 3. The van der Waals surface area contributed by atoms with Crippen LogP contribution in [-0.2, 0) is 0 Å². The fraction of sp³-hybridized carbons (Fsp3) is 0.105. The topological polar surface area (TPSA) is 58.6 Å². The number of hydrogen-bond acceptors (Lipinski definition) is 3. The Morgan fingerprint density at radius 2 is 1.83 bits per heavy atom.